The van der Waals surface area contributed by atoms with Crippen molar-refractivity contribution in [2.75, 3.05) is 19.1 Å². The predicted molar refractivity (Wildman–Crippen MR) is 65.2 cm³/mol. The van der Waals surface area contributed by atoms with Crippen molar-refractivity contribution in [3.05, 3.63) is 23.9 Å². The lowest BCUT2D eigenvalue weighted by atomic mass is 10.1. The molecular formula is C12H11N3O2. The van der Waals surface area contributed by atoms with Crippen molar-refractivity contribution < 1.29 is 9.84 Å². The van der Waals surface area contributed by atoms with Gasteiger partial charge in [0.1, 0.15) is 5.84 Å². The third-order valence-corrected chi connectivity index (χ3v) is 3.09. The molecule has 86 valence electrons. The second-order valence-corrected chi connectivity index (χ2v) is 3.94. The maximum atomic E-state index is 10.1. The SMILES string of the molecule is COc1cc2nccc3c2c(c1O)N(C)C3=N. The summed E-state index contributed by atoms with van der Waals surface area (Å²) in [6, 6.07) is 3.47. The first-order valence-corrected chi connectivity index (χ1v) is 5.16. The summed E-state index contributed by atoms with van der Waals surface area (Å²) >= 11 is 0. The number of pyridine rings is 1. The molecule has 0 saturated heterocycles. The average Bonchev–Trinajstić information content (AvgIpc) is 2.60. The zero-order chi connectivity index (χ0) is 12.2. The molecule has 0 amide bonds. The van der Waals surface area contributed by atoms with Crippen LogP contribution in [-0.4, -0.2) is 30.1 Å². The molecule has 5 nitrogen and oxygen atoms in total. The van der Waals surface area contributed by atoms with Gasteiger partial charge in [-0.15, -0.1) is 0 Å². The van der Waals surface area contributed by atoms with E-state index in [0.717, 1.165) is 16.5 Å². The number of anilines is 1. The van der Waals surface area contributed by atoms with Crippen LogP contribution >= 0.6 is 0 Å². The van der Waals surface area contributed by atoms with Gasteiger partial charge < -0.3 is 14.7 Å². The highest BCUT2D eigenvalue weighted by atomic mass is 16.5. The van der Waals surface area contributed by atoms with Crippen LogP contribution in [0.3, 0.4) is 0 Å². The first-order valence-electron chi connectivity index (χ1n) is 5.16. The molecule has 0 fully saturated rings. The van der Waals surface area contributed by atoms with Crippen LogP contribution < -0.4 is 9.64 Å². The van der Waals surface area contributed by atoms with Crippen LogP contribution in [0.4, 0.5) is 5.69 Å². The molecule has 1 aromatic heterocycles. The van der Waals surface area contributed by atoms with Crippen LogP contribution in [0.25, 0.3) is 10.9 Å². The van der Waals surface area contributed by atoms with Gasteiger partial charge in [0.2, 0.25) is 0 Å². The highest BCUT2D eigenvalue weighted by molar-refractivity contribution is 6.26. The topological polar surface area (TPSA) is 69.4 Å². The number of nitrogens with zero attached hydrogens (tertiary/aromatic N) is 2. The van der Waals surface area contributed by atoms with Gasteiger partial charge in [-0.25, -0.2) is 0 Å². The van der Waals surface area contributed by atoms with E-state index < -0.39 is 0 Å². The van der Waals surface area contributed by atoms with Crippen LogP contribution in [-0.2, 0) is 0 Å². The summed E-state index contributed by atoms with van der Waals surface area (Å²) in [4.78, 5) is 5.88. The molecule has 0 radical (unpaired) electrons. The van der Waals surface area contributed by atoms with Crippen molar-refractivity contribution in [1.29, 1.82) is 5.41 Å². The normalized spacial score (nSPS) is 13.5. The van der Waals surface area contributed by atoms with E-state index >= 15 is 0 Å². The highest BCUT2D eigenvalue weighted by Crippen LogP contribution is 2.46. The van der Waals surface area contributed by atoms with Crippen molar-refractivity contribution in [3.8, 4) is 11.5 Å². The van der Waals surface area contributed by atoms with Gasteiger partial charge >= 0.3 is 0 Å². The maximum absolute atomic E-state index is 10.1. The number of ether oxygens (including phenoxy) is 1. The van der Waals surface area contributed by atoms with Crippen LogP contribution in [0.5, 0.6) is 11.5 Å². The second-order valence-electron chi connectivity index (χ2n) is 3.94. The van der Waals surface area contributed by atoms with Gasteiger partial charge in [-0.2, -0.15) is 0 Å². The zero-order valence-electron chi connectivity index (χ0n) is 9.48. The fourth-order valence-electron chi connectivity index (χ4n) is 2.24. The van der Waals surface area contributed by atoms with E-state index in [4.69, 9.17) is 10.1 Å². The van der Waals surface area contributed by atoms with Crippen LogP contribution in [0.1, 0.15) is 5.56 Å². The van der Waals surface area contributed by atoms with Crippen molar-refractivity contribution in [3.63, 3.8) is 0 Å². The molecule has 1 aromatic carbocycles. The minimum Gasteiger partial charge on any atom is -0.503 e. The number of nitrogens with one attached hydrogen (secondary N) is 1. The average molecular weight is 229 g/mol. The summed E-state index contributed by atoms with van der Waals surface area (Å²) in [5.41, 5.74) is 2.10. The second kappa shape index (κ2) is 3.10. The molecule has 3 rings (SSSR count). The molecule has 0 aliphatic carbocycles. The number of hydrogen-bond acceptors (Lipinski definition) is 4. The van der Waals surface area contributed by atoms with Gasteiger partial charge in [-0.3, -0.25) is 10.4 Å². The Hall–Kier alpha value is -2.30. The van der Waals surface area contributed by atoms with Crippen molar-refractivity contribution in [2.24, 2.45) is 0 Å². The van der Waals surface area contributed by atoms with Gasteiger partial charge in [-0.1, -0.05) is 0 Å². The van der Waals surface area contributed by atoms with E-state index in [-0.39, 0.29) is 5.75 Å². The lowest BCUT2D eigenvalue weighted by Crippen LogP contribution is -2.20. The number of phenols is 1. The molecule has 0 unspecified atom stereocenters. The number of rotatable bonds is 1. The van der Waals surface area contributed by atoms with Gasteiger partial charge in [0.25, 0.3) is 0 Å². The van der Waals surface area contributed by atoms with Crippen LogP contribution in [0, 0.1) is 5.41 Å². The maximum Gasteiger partial charge on any atom is 0.182 e. The minimum absolute atomic E-state index is 0.0546. The Bertz CT molecular complexity index is 652. The molecule has 0 atom stereocenters. The van der Waals surface area contributed by atoms with Crippen molar-refractivity contribution in [2.45, 2.75) is 0 Å². The number of aromatic nitrogens is 1. The fourth-order valence-corrected chi connectivity index (χ4v) is 2.24. The zero-order valence-corrected chi connectivity index (χ0v) is 9.48. The lowest BCUT2D eigenvalue weighted by molar-refractivity contribution is 0.375. The van der Waals surface area contributed by atoms with Gasteiger partial charge in [0.15, 0.2) is 11.5 Å². The molecule has 1 aliphatic heterocycles. The van der Waals surface area contributed by atoms with E-state index in [0.29, 0.717) is 17.3 Å². The Kier molecular flexibility index (Phi) is 1.80. The first-order chi connectivity index (χ1) is 8.15. The van der Waals surface area contributed by atoms with Crippen molar-refractivity contribution in [1.82, 2.24) is 4.98 Å². The molecule has 0 spiro atoms. The first kappa shape index (κ1) is 9.89. The summed E-state index contributed by atoms with van der Waals surface area (Å²) < 4.78 is 5.12. The number of aromatic hydroxyl groups is 1. The third kappa shape index (κ3) is 1.08. The van der Waals surface area contributed by atoms with Gasteiger partial charge in [-0.05, 0) is 6.07 Å². The van der Waals surface area contributed by atoms with Crippen LogP contribution in [0.15, 0.2) is 18.3 Å². The standard InChI is InChI=1S/C12H11N3O2/c1-15-10-9-6(12(15)13)3-4-14-7(9)5-8(17-2)11(10)16/h3-5,13,16H,1-2H3. The van der Waals surface area contributed by atoms with Crippen molar-refractivity contribution >= 4 is 22.4 Å². The van der Waals surface area contributed by atoms with E-state index in [9.17, 15) is 5.11 Å². The molecule has 2 aromatic rings. The molecular weight excluding hydrogens is 218 g/mol. The molecule has 5 heteroatoms. The number of methoxy groups -OCH3 is 1. The quantitative estimate of drug-likeness (QED) is 0.781. The van der Waals surface area contributed by atoms with E-state index in [1.807, 2.05) is 0 Å². The van der Waals surface area contributed by atoms with Gasteiger partial charge in [0.05, 0.1) is 18.3 Å². The third-order valence-electron chi connectivity index (χ3n) is 3.09. The van der Waals surface area contributed by atoms with Crippen LogP contribution in [0.2, 0.25) is 0 Å². The number of amidine groups is 1. The Morgan fingerprint density at radius 3 is 2.94 bits per heavy atom. The number of benzene rings is 1. The Balaban J connectivity index is 2.51. The summed E-state index contributed by atoms with van der Waals surface area (Å²) in [5, 5.41) is 18.9. The largest absolute Gasteiger partial charge is 0.503 e. The molecule has 1 aliphatic rings. The fraction of sp³-hybridized carbons (Fsp3) is 0.167. The Labute approximate surface area is 97.8 Å². The minimum atomic E-state index is 0.0546. The van der Waals surface area contributed by atoms with E-state index in [1.165, 1.54) is 7.11 Å². The lowest BCUT2D eigenvalue weighted by Gasteiger charge is -2.15. The summed E-state index contributed by atoms with van der Waals surface area (Å²) in [5.74, 6) is 0.786. The summed E-state index contributed by atoms with van der Waals surface area (Å²) in [7, 11) is 3.24. The monoisotopic (exact) mass is 229 g/mol. The number of phenolic OH excluding ortho intramolecular Hbond substituents is 1. The smallest absolute Gasteiger partial charge is 0.182 e. The Morgan fingerprint density at radius 2 is 2.24 bits per heavy atom. The predicted octanol–water partition coefficient (Wildman–Crippen LogP) is 1.72. The molecule has 0 bridgehead atoms. The molecule has 0 saturated carbocycles. The van der Waals surface area contributed by atoms with Gasteiger partial charge in [0, 0.05) is 30.3 Å². The molecule has 17 heavy (non-hydrogen) atoms. The molecule has 2 N–H and O–H groups in total. The summed E-state index contributed by atoms with van der Waals surface area (Å²) in [6.45, 7) is 0. The number of hydrogen-bond donors (Lipinski definition) is 2. The van der Waals surface area contributed by atoms with E-state index in [2.05, 4.69) is 4.98 Å². The molecule has 2 heterocycles. The summed E-state index contributed by atoms with van der Waals surface area (Å²) in [6.07, 6.45) is 1.66. The van der Waals surface area contributed by atoms with E-state index in [1.54, 1.807) is 30.3 Å². The highest BCUT2D eigenvalue weighted by Gasteiger charge is 2.29. The Morgan fingerprint density at radius 1 is 1.47 bits per heavy atom.